The molecule has 3 aromatic rings. The highest BCUT2D eigenvalue weighted by Gasteiger charge is 2.33. The van der Waals surface area contributed by atoms with Crippen molar-refractivity contribution in [2.45, 2.75) is 6.92 Å². The van der Waals surface area contributed by atoms with Crippen molar-refractivity contribution in [3.63, 3.8) is 0 Å². The van der Waals surface area contributed by atoms with Crippen LogP contribution in [-0.2, 0) is 0 Å². The van der Waals surface area contributed by atoms with Crippen LogP contribution in [0, 0.1) is 6.92 Å². The first-order chi connectivity index (χ1) is 12.9. The molecule has 148 valence electrons. The maximum absolute atomic E-state index is 10.5. The molecule has 28 heavy (non-hydrogen) atoms. The highest BCUT2D eigenvalue weighted by molar-refractivity contribution is 6.11. The summed E-state index contributed by atoms with van der Waals surface area (Å²) in [4.78, 5) is 0. The summed E-state index contributed by atoms with van der Waals surface area (Å²) in [6.07, 6.45) is 0. The lowest BCUT2D eigenvalue weighted by molar-refractivity contribution is 0.347. The Kier molecular flexibility index (Phi) is 3.71. The predicted molar refractivity (Wildman–Crippen MR) is 92.4 cm³/mol. The topological polar surface area (TPSA) is 223 Å². The third-order valence-electron chi connectivity index (χ3n) is 4.45. The Labute approximate surface area is 154 Å². The van der Waals surface area contributed by atoms with Crippen LogP contribution in [0.2, 0.25) is 0 Å². The molecule has 0 aromatic heterocycles. The third kappa shape index (κ3) is 2.03. The van der Waals surface area contributed by atoms with E-state index < -0.39 is 85.1 Å². The van der Waals surface area contributed by atoms with Gasteiger partial charge in [0, 0.05) is 5.56 Å². The summed E-state index contributed by atoms with van der Waals surface area (Å²) in [5, 5.41) is 108. The van der Waals surface area contributed by atoms with Crippen LogP contribution < -0.4 is 0 Å². The molecule has 0 heterocycles. The van der Waals surface area contributed by atoms with Crippen LogP contribution in [0.15, 0.2) is 0 Å². The normalized spacial score (nSPS) is 11.2. The van der Waals surface area contributed by atoms with E-state index in [1.54, 1.807) is 0 Å². The number of hydrogen-bond donors (Lipinski definition) is 11. The molecule has 3 rings (SSSR count). The van der Waals surface area contributed by atoms with Gasteiger partial charge in [-0.25, -0.2) is 0 Å². The number of phenols is 11. The summed E-state index contributed by atoms with van der Waals surface area (Å²) in [7, 11) is 0. The second-order valence-corrected chi connectivity index (χ2v) is 5.96. The zero-order valence-electron chi connectivity index (χ0n) is 13.9. The van der Waals surface area contributed by atoms with E-state index in [4.69, 9.17) is 0 Å². The van der Waals surface area contributed by atoms with Crippen molar-refractivity contribution in [3.05, 3.63) is 5.56 Å². The van der Waals surface area contributed by atoms with Crippen LogP contribution in [0.5, 0.6) is 63.2 Å². The molecule has 0 bridgehead atoms. The van der Waals surface area contributed by atoms with Gasteiger partial charge in [0.15, 0.2) is 46.0 Å². The molecule has 0 saturated heterocycles. The van der Waals surface area contributed by atoms with Crippen molar-refractivity contribution in [1.82, 2.24) is 0 Å². The summed E-state index contributed by atoms with van der Waals surface area (Å²) in [5.74, 6) is -12.7. The van der Waals surface area contributed by atoms with E-state index in [0.717, 1.165) is 6.92 Å². The van der Waals surface area contributed by atoms with E-state index >= 15 is 0 Å². The standard InChI is InChI=1S/C17H14O11/c1-2-7(18)10(21)5(11(22)8(2)19)3-9(20)4-6(13(24)12(3)23)15(26)17(28)16(27)14(4)25/h18-28H,1H3. The largest absolute Gasteiger partial charge is 0.506 e. The molecule has 11 nitrogen and oxygen atoms in total. The zero-order valence-corrected chi connectivity index (χ0v) is 13.9. The Morgan fingerprint density at radius 2 is 0.607 bits per heavy atom. The quantitative estimate of drug-likeness (QED) is 0.210. The van der Waals surface area contributed by atoms with Gasteiger partial charge in [0.05, 0.1) is 21.9 Å². The van der Waals surface area contributed by atoms with Crippen LogP contribution in [0.25, 0.3) is 21.9 Å². The molecule has 0 saturated carbocycles. The van der Waals surface area contributed by atoms with E-state index in [1.807, 2.05) is 0 Å². The molecule has 0 atom stereocenters. The third-order valence-corrected chi connectivity index (χ3v) is 4.45. The van der Waals surface area contributed by atoms with Gasteiger partial charge in [0.2, 0.25) is 11.5 Å². The van der Waals surface area contributed by atoms with Crippen molar-refractivity contribution < 1.29 is 56.2 Å². The van der Waals surface area contributed by atoms with Crippen molar-refractivity contribution in [2.24, 2.45) is 0 Å². The van der Waals surface area contributed by atoms with Crippen molar-refractivity contribution in [3.8, 4) is 74.4 Å². The molecule has 0 spiro atoms. The fourth-order valence-corrected chi connectivity index (χ4v) is 2.92. The monoisotopic (exact) mass is 394 g/mol. The first-order valence-electron chi connectivity index (χ1n) is 7.46. The lowest BCUT2D eigenvalue weighted by atomic mass is 9.93. The van der Waals surface area contributed by atoms with Crippen LogP contribution in [0.3, 0.4) is 0 Å². The van der Waals surface area contributed by atoms with Gasteiger partial charge in [-0.3, -0.25) is 0 Å². The number of hydrogen-bond acceptors (Lipinski definition) is 11. The van der Waals surface area contributed by atoms with Crippen LogP contribution in [-0.4, -0.2) is 56.2 Å². The summed E-state index contributed by atoms with van der Waals surface area (Å²) < 4.78 is 0. The van der Waals surface area contributed by atoms with Gasteiger partial charge in [-0.1, -0.05) is 0 Å². The average Bonchev–Trinajstić information content (AvgIpc) is 2.66. The Morgan fingerprint density at radius 1 is 0.321 bits per heavy atom. The van der Waals surface area contributed by atoms with Gasteiger partial charge >= 0.3 is 0 Å². The fraction of sp³-hybridized carbons (Fsp3) is 0.0588. The first kappa shape index (κ1) is 18.5. The number of fused-ring (bicyclic) bond motifs is 1. The smallest absolute Gasteiger partial charge is 0.205 e. The molecule has 0 aliphatic rings. The highest BCUT2D eigenvalue weighted by atomic mass is 16.4. The fourth-order valence-electron chi connectivity index (χ4n) is 2.92. The molecule has 3 aromatic carbocycles. The van der Waals surface area contributed by atoms with Crippen molar-refractivity contribution in [2.75, 3.05) is 0 Å². The van der Waals surface area contributed by atoms with Crippen molar-refractivity contribution >= 4 is 10.8 Å². The summed E-state index contributed by atoms with van der Waals surface area (Å²) in [5.41, 5.74) is -2.24. The summed E-state index contributed by atoms with van der Waals surface area (Å²) in [6, 6.07) is 0. The lowest BCUT2D eigenvalue weighted by Crippen LogP contribution is -1.91. The van der Waals surface area contributed by atoms with Crippen LogP contribution >= 0.6 is 0 Å². The van der Waals surface area contributed by atoms with Gasteiger partial charge in [0.1, 0.15) is 5.75 Å². The second-order valence-electron chi connectivity index (χ2n) is 5.96. The molecular formula is C17H14O11. The summed E-state index contributed by atoms with van der Waals surface area (Å²) in [6.45, 7) is 1.14. The Balaban J connectivity index is 2.64. The molecule has 0 unspecified atom stereocenters. The maximum Gasteiger partial charge on any atom is 0.205 e. The number of aromatic hydroxyl groups is 11. The molecule has 0 radical (unpaired) electrons. The average molecular weight is 394 g/mol. The van der Waals surface area contributed by atoms with E-state index in [0.29, 0.717) is 0 Å². The molecule has 0 amide bonds. The molecule has 0 aliphatic carbocycles. The van der Waals surface area contributed by atoms with E-state index in [-0.39, 0.29) is 5.56 Å². The molecular weight excluding hydrogens is 380 g/mol. The highest BCUT2D eigenvalue weighted by Crippen LogP contribution is 2.62. The van der Waals surface area contributed by atoms with E-state index in [9.17, 15) is 56.2 Å². The van der Waals surface area contributed by atoms with Crippen LogP contribution in [0.1, 0.15) is 5.56 Å². The minimum Gasteiger partial charge on any atom is -0.506 e. The molecule has 0 aliphatic heterocycles. The predicted octanol–water partition coefficient (Wildman–Crippen LogP) is 1.58. The second kappa shape index (κ2) is 5.61. The van der Waals surface area contributed by atoms with Crippen molar-refractivity contribution in [1.29, 1.82) is 0 Å². The Hall–Kier alpha value is -4.28. The van der Waals surface area contributed by atoms with Gasteiger partial charge < -0.3 is 56.2 Å². The number of rotatable bonds is 1. The maximum atomic E-state index is 10.5. The zero-order chi connectivity index (χ0) is 21.2. The molecule has 0 fully saturated rings. The van der Waals surface area contributed by atoms with Gasteiger partial charge in [-0.05, 0) is 6.92 Å². The van der Waals surface area contributed by atoms with E-state index in [2.05, 4.69) is 0 Å². The first-order valence-corrected chi connectivity index (χ1v) is 7.46. The Morgan fingerprint density at radius 3 is 1.04 bits per heavy atom. The number of phenolic OH excluding ortho intramolecular Hbond substituents is 11. The van der Waals surface area contributed by atoms with Crippen LogP contribution in [0.4, 0.5) is 0 Å². The van der Waals surface area contributed by atoms with Gasteiger partial charge in [-0.2, -0.15) is 0 Å². The molecule has 11 N–H and O–H groups in total. The number of benzene rings is 3. The lowest BCUT2D eigenvalue weighted by Gasteiger charge is -2.19. The Bertz CT molecular complexity index is 1150. The summed E-state index contributed by atoms with van der Waals surface area (Å²) >= 11 is 0. The van der Waals surface area contributed by atoms with E-state index in [1.165, 1.54) is 0 Å². The molecule has 11 heteroatoms. The minimum atomic E-state index is -1.28. The van der Waals surface area contributed by atoms with Gasteiger partial charge in [-0.15, -0.1) is 0 Å². The van der Waals surface area contributed by atoms with Gasteiger partial charge in [0.25, 0.3) is 0 Å². The SMILES string of the molecule is Cc1c(O)c(O)c(-c2c(O)c(O)c3c(O)c(O)c(O)c(O)c3c2O)c(O)c1O. The minimum absolute atomic E-state index is 0.342.